The van der Waals surface area contributed by atoms with Gasteiger partial charge in [-0.2, -0.15) is 0 Å². The van der Waals surface area contributed by atoms with Crippen molar-refractivity contribution in [3.05, 3.63) is 36.2 Å². The molecule has 4 nitrogen and oxygen atoms in total. The van der Waals surface area contributed by atoms with Crippen molar-refractivity contribution in [2.75, 3.05) is 13.7 Å². The summed E-state index contributed by atoms with van der Waals surface area (Å²) in [6.07, 6.45) is 4.91. The van der Waals surface area contributed by atoms with Gasteiger partial charge in [0.15, 0.2) is 0 Å². The van der Waals surface area contributed by atoms with Crippen LogP contribution in [0.3, 0.4) is 0 Å². The van der Waals surface area contributed by atoms with E-state index in [0.717, 1.165) is 36.6 Å². The summed E-state index contributed by atoms with van der Waals surface area (Å²) >= 11 is 0. The van der Waals surface area contributed by atoms with Crippen molar-refractivity contribution in [2.24, 2.45) is 7.05 Å². The van der Waals surface area contributed by atoms with Crippen LogP contribution in [0.15, 0.2) is 30.6 Å². The molecule has 0 amide bonds. The summed E-state index contributed by atoms with van der Waals surface area (Å²) in [5, 5.41) is 3.43. The molecule has 0 saturated carbocycles. The second-order valence-electron chi connectivity index (χ2n) is 4.56. The van der Waals surface area contributed by atoms with Crippen LogP contribution in [-0.2, 0) is 13.6 Å². The van der Waals surface area contributed by atoms with Crippen LogP contribution >= 0.6 is 0 Å². The quantitative estimate of drug-likeness (QED) is 0.810. The topological polar surface area (TPSA) is 39.1 Å². The number of benzene rings is 1. The van der Waals surface area contributed by atoms with E-state index in [9.17, 15) is 0 Å². The van der Waals surface area contributed by atoms with E-state index in [0.29, 0.717) is 0 Å². The Balaban J connectivity index is 2.33. The van der Waals surface area contributed by atoms with E-state index in [1.165, 1.54) is 5.56 Å². The molecular weight excluding hydrogens is 238 g/mol. The summed E-state index contributed by atoms with van der Waals surface area (Å²) in [4.78, 5) is 4.42. The predicted molar refractivity (Wildman–Crippen MR) is 77.2 cm³/mol. The van der Waals surface area contributed by atoms with E-state index in [-0.39, 0.29) is 0 Å². The lowest BCUT2D eigenvalue weighted by Gasteiger charge is -2.12. The van der Waals surface area contributed by atoms with E-state index in [2.05, 4.69) is 29.4 Å². The average Bonchev–Trinajstić information content (AvgIpc) is 2.85. The number of methoxy groups -OCH3 is 1. The van der Waals surface area contributed by atoms with Crippen molar-refractivity contribution in [2.45, 2.75) is 19.9 Å². The molecule has 0 aliphatic rings. The van der Waals surface area contributed by atoms with Crippen molar-refractivity contribution >= 4 is 0 Å². The molecule has 0 unspecified atom stereocenters. The van der Waals surface area contributed by atoms with Crippen LogP contribution in [0.1, 0.15) is 18.9 Å². The number of nitrogens with one attached hydrogen (secondary N) is 1. The maximum Gasteiger partial charge on any atom is 0.139 e. The molecule has 1 N–H and O–H groups in total. The van der Waals surface area contributed by atoms with E-state index >= 15 is 0 Å². The highest BCUT2D eigenvalue weighted by atomic mass is 16.5. The summed E-state index contributed by atoms with van der Waals surface area (Å²) in [5.41, 5.74) is 2.36. The van der Waals surface area contributed by atoms with Crippen LogP contribution in [0.2, 0.25) is 0 Å². The van der Waals surface area contributed by atoms with Crippen LogP contribution < -0.4 is 10.1 Å². The van der Waals surface area contributed by atoms with Crippen molar-refractivity contribution in [1.82, 2.24) is 14.9 Å². The molecule has 0 aliphatic carbocycles. The zero-order chi connectivity index (χ0) is 13.7. The summed E-state index contributed by atoms with van der Waals surface area (Å²) in [5.74, 6) is 1.86. The van der Waals surface area contributed by atoms with Gasteiger partial charge in [-0.1, -0.05) is 6.92 Å². The lowest BCUT2D eigenvalue weighted by molar-refractivity contribution is 0.414. The van der Waals surface area contributed by atoms with Crippen molar-refractivity contribution in [3.8, 4) is 17.1 Å². The molecular formula is C15H21N3O. The van der Waals surface area contributed by atoms with Gasteiger partial charge in [0, 0.05) is 31.5 Å². The predicted octanol–water partition coefficient (Wildman–Crippen LogP) is 2.60. The van der Waals surface area contributed by atoms with Crippen molar-refractivity contribution in [3.63, 3.8) is 0 Å². The monoisotopic (exact) mass is 259 g/mol. The van der Waals surface area contributed by atoms with E-state index in [1.807, 2.05) is 30.1 Å². The van der Waals surface area contributed by atoms with Gasteiger partial charge in [0.05, 0.1) is 7.11 Å². The molecule has 102 valence electrons. The second-order valence-corrected chi connectivity index (χ2v) is 4.56. The van der Waals surface area contributed by atoms with Gasteiger partial charge in [-0.3, -0.25) is 0 Å². The second kappa shape index (κ2) is 6.38. The van der Waals surface area contributed by atoms with E-state index in [4.69, 9.17) is 4.74 Å². The Hall–Kier alpha value is -1.81. The van der Waals surface area contributed by atoms with Crippen molar-refractivity contribution < 1.29 is 4.74 Å². The van der Waals surface area contributed by atoms with Gasteiger partial charge < -0.3 is 14.6 Å². The Morgan fingerprint density at radius 2 is 2.21 bits per heavy atom. The lowest BCUT2D eigenvalue weighted by atomic mass is 10.1. The van der Waals surface area contributed by atoms with Crippen LogP contribution in [-0.4, -0.2) is 23.2 Å². The van der Waals surface area contributed by atoms with Gasteiger partial charge in [-0.25, -0.2) is 4.98 Å². The Bertz CT molecular complexity index is 534. The minimum Gasteiger partial charge on any atom is -0.497 e. The maximum absolute atomic E-state index is 5.31. The number of rotatable bonds is 6. The Morgan fingerprint density at radius 3 is 2.84 bits per heavy atom. The number of aromatic nitrogens is 2. The summed E-state index contributed by atoms with van der Waals surface area (Å²) in [6.45, 7) is 4.00. The molecule has 0 atom stereocenters. The highest BCUT2D eigenvalue weighted by Gasteiger charge is 2.10. The third-order valence-electron chi connectivity index (χ3n) is 3.12. The van der Waals surface area contributed by atoms with Crippen LogP contribution in [0.5, 0.6) is 5.75 Å². The molecule has 1 heterocycles. The average molecular weight is 259 g/mol. The van der Waals surface area contributed by atoms with E-state index in [1.54, 1.807) is 7.11 Å². The fourth-order valence-electron chi connectivity index (χ4n) is 2.09. The first-order chi connectivity index (χ1) is 9.26. The molecule has 0 spiro atoms. The highest BCUT2D eigenvalue weighted by molar-refractivity contribution is 5.62. The molecule has 0 radical (unpaired) electrons. The largest absolute Gasteiger partial charge is 0.497 e. The summed E-state index contributed by atoms with van der Waals surface area (Å²) in [6, 6.07) is 6.13. The molecule has 0 bridgehead atoms. The fourth-order valence-corrected chi connectivity index (χ4v) is 2.09. The first kappa shape index (κ1) is 13.6. The molecule has 2 rings (SSSR count). The Morgan fingerprint density at radius 1 is 1.37 bits per heavy atom. The Kier molecular flexibility index (Phi) is 4.58. The summed E-state index contributed by atoms with van der Waals surface area (Å²) < 4.78 is 7.34. The molecule has 1 aromatic heterocycles. The number of imidazole rings is 1. The molecule has 19 heavy (non-hydrogen) atoms. The number of aryl methyl sites for hydroxylation is 1. The molecule has 1 aromatic carbocycles. The Labute approximate surface area is 114 Å². The lowest BCUT2D eigenvalue weighted by Crippen LogP contribution is -2.15. The molecule has 4 heteroatoms. The SMILES string of the molecule is CCCNCc1cc(OC)ccc1-c1nccn1C. The van der Waals surface area contributed by atoms with E-state index < -0.39 is 0 Å². The first-order valence-electron chi connectivity index (χ1n) is 6.61. The van der Waals surface area contributed by atoms with Crippen LogP contribution in [0, 0.1) is 0 Å². The number of hydrogen-bond donors (Lipinski definition) is 1. The van der Waals surface area contributed by atoms with Crippen molar-refractivity contribution in [1.29, 1.82) is 0 Å². The van der Waals surface area contributed by atoms with Crippen LogP contribution in [0.25, 0.3) is 11.4 Å². The zero-order valence-electron chi connectivity index (χ0n) is 11.8. The van der Waals surface area contributed by atoms with Gasteiger partial charge in [-0.05, 0) is 36.7 Å². The molecule has 0 aliphatic heterocycles. The maximum atomic E-state index is 5.31. The highest BCUT2D eigenvalue weighted by Crippen LogP contribution is 2.26. The number of hydrogen-bond acceptors (Lipinski definition) is 3. The normalized spacial score (nSPS) is 10.7. The van der Waals surface area contributed by atoms with Gasteiger partial charge >= 0.3 is 0 Å². The standard InChI is InChI=1S/C15H21N3O/c1-4-7-16-11-12-10-13(19-3)5-6-14(12)15-17-8-9-18(15)2/h5-6,8-10,16H,4,7,11H2,1-3H3. The zero-order valence-corrected chi connectivity index (χ0v) is 11.8. The molecule has 0 saturated heterocycles. The minimum absolute atomic E-state index is 0.827. The number of nitrogens with zero attached hydrogens (tertiary/aromatic N) is 2. The molecule has 0 fully saturated rings. The fraction of sp³-hybridized carbons (Fsp3) is 0.400. The van der Waals surface area contributed by atoms with Crippen LogP contribution in [0.4, 0.5) is 0 Å². The number of ether oxygens (including phenoxy) is 1. The third-order valence-corrected chi connectivity index (χ3v) is 3.12. The minimum atomic E-state index is 0.827. The third kappa shape index (κ3) is 3.15. The van der Waals surface area contributed by atoms with Gasteiger partial charge in [0.25, 0.3) is 0 Å². The first-order valence-corrected chi connectivity index (χ1v) is 6.61. The van der Waals surface area contributed by atoms with Gasteiger partial charge in [-0.15, -0.1) is 0 Å². The molecule has 2 aromatic rings. The van der Waals surface area contributed by atoms with Gasteiger partial charge in [0.1, 0.15) is 11.6 Å². The smallest absolute Gasteiger partial charge is 0.139 e. The summed E-state index contributed by atoms with van der Waals surface area (Å²) in [7, 11) is 3.70. The van der Waals surface area contributed by atoms with Gasteiger partial charge in [0.2, 0.25) is 0 Å².